The first-order chi connectivity index (χ1) is 9.19. The minimum Gasteiger partial charge on any atom is -0.444 e. The van der Waals surface area contributed by atoms with Crippen LogP contribution in [0, 0.1) is 0 Å². The van der Waals surface area contributed by atoms with Gasteiger partial charge in [-0.25, -0.2) is 4.79 Å². The number of carbonyl (C=O) groups excluding carboxylic acids is 1. The second kappa shape index (κ2) is 6.29. The van der Waals surface area contributed by atoms with Crippen LogP contribution >= 0.6 is 0 Å². The molecule has 0 aromatic carbocycles. The van der Waals surface area contributed by atoms with Gasteiger partial charge < -0.3 is 4.74 Å². The fourth-order valence-corrected chi connectivity index (χ4v) is 2.33. The van der Waals surface area contributed by atoms with Crippen LogP contribution in [0.1, 0.15) is 48.5 Å². The molecule has 20 heavy (non-hydrogen) atoms. The summed E-state index contributed by atoms with van der Waals surface area (Å²) < 4.78 is 5.44. The van der Waals surface area contributed by atoms with Gasteiger partial charge in [0, 0.05) is 13.1 Å². The minimum absolute atomic E-state index is 0.236. The van der Waals surface area contributed by atoms with Crippen LogP contribution in [0.5, 0.6) is 0 Å². The van der Waals surface area contributed by atoms with Gasteiger partial charge in [0.1, 0.15) is 5.60 Å². The lowest BCUT2D eigenvalue weighted by atomic mass is 9.96. The van der Waals surface area contributed by atoms with Crippen molar-refractivity contribution >= 4 is 6.09 Å². The molecule has 0 aromatic rings. The Morgan fingerprint density at radius 2 is 1.80 bits per heavy atom. The zero-order valence-electron chi connectivity index (χ0n) is 13.8. The van der Waals surface area contributed by atoms with E-state index in [-0.39, 0.29) is 6.09 Å². The molecule has 3 nitrogen and oxygen atoms in total. The van der Waals surface area contributed by atoms with Crippen molar-refractivity contribution in [1.29, 1.82) is 0 Å². The quantitative estimate of drug-likeness (QED) is 0.697. The standard InChI is InChI=1S/C17H27NO2/c1-8-12(3)14(9-2)15-11-18(10-13(15)4)16(19)20-17(5,6)7/h8-9H,10-11H2,1-7H3/b12-8-,14-9+. The van der Waals surface area contributed by atoms with Crippen molar-refractivity contribution in [3.05, 3.63) is 34.4 Å². The number of allylic oxidation sites excluding steroid dienone is 3. The first-order valence-electron chi connectivity index (χ1n) is 7.16. The van der Waals surface area contributed by atoms with Gasteiger partial charge in [-0.2, -0.15) is 0 Å². The average molecular weight is 277 g/mol. The average Bonchev–Trinajstić information content (AvgIpc) is 2.70. The van der Waals surface area contributed by atoms with Crippen molar-refractivity contribution in [2.24, 2.45) is 0 Å². The number of nitrogens with zero attached hydrogens (tertiary/aromatic N) is 1. The molecule has 0 spiro atoms. The summed E-state index contributed by atoms with van der Waals surface area (Å²) in [5, 5.41) is 0. The van der Waals surface area contributed by atoms with Crippen molar-refractivity contribution < 1.29 is 9.53 Å². The van der Waals surface area contributed by atoms with E-state index in [4.69, 9.17) is 4.74 Å². The number of ether oxygens (including phenoxy) is 1. The molecule has 0 saturated carbocycles. The first-order valence-corrected chi connectivity index (χ1v) is 7.16. The van der Waals surface area contributed by atoms with Crippen molar-refractivity contribution in [1.82, 2.24) is 4.90 Å². The summed E-state index contributed by atoms with van der Waals surface area (Å²) >= 11 is 0. The summed E-state index contributed by atoms with van der Waals surface area (Å²) in [6.07, 6.45) is 3.99. The maximum atomic E-state index is 12.1. The molecule has 3 heteroatoms. The monoisotopic (exact) mass is 277 g/mol. The van der Waals surface area contributed by atoms with Crippen LogP contribution in [-0.4, -0.2) is 29.7 Å². The highest BCUT2D eigenvalue weighted by atomic mass is 16.6. The molecule has 1 heterocycles. The maximum absolute atomic E-state index is 12.1. The van der Waals surface area contributed by atoms with Crippen LogP contribution in [0.15, 0.2) is 34.4 Å². The molecule has 0 atom stereocenters. The molecule has 0 aliphatic carbocycles. The van der Waals surface area contributed by atoms with E-state index in [1.54, 1.807) is 4.90 Å². The molecular formula is C17H27NO2. The van der Waals surface area contributed by atoms with E-state index in [9.17, 15) is 4.79 Å². The van der Waals surface area contributed by atoms with Gasteiger partial charge in [0.25, 0.3) is 0 Å². The molecule has 0 saturated heterocycles. The van der Waals surface area contributed by atoms with E-state index in [0.717, 1.165) is 0 Å². The summed E-state index contributed by atoms with van der Waals surface area (Å²) in [6.45, 7) is 15.2. The molecule has 0 fully saturated rings. The van der Waals surface area contributed by atoms with E-state index in [1.807, 2.05) is 34.6 Å². The molecule has 0 radical (unpaired) electrons. The normalized spacial score (nSPS) is 17.9. The van der Waals surface area contributed by atoms with E-state index in [0.29, 0.717) is 13.1 Å². The summed E-state index contributed by atoms with van der Waals surface area (Å²) in [7, 11) is 0. The Balaban J connectivity index is 2.86. The van der Waals surface area contributed by atoms with Gasteiger partial charge in [-0.3, -0.25) is 4.90 Å². The molecule has 0 aromatic heterocycles. The van der Waals surface area contributed by atoms with E-state index in [2.05, 4.69) is 26.0 Å². The summed E-state index contributed by atoms with van der Waals surface area (Å²) in [5.41, 5.74) is 4.51. The van der Waals surface area contributed by atoms with Gasteiger partial charge in [0.05, 0.1) is 0 Å². The van der Waals surface area contributed by atoms with Crippen LogP contribution in [0.4, 0.5) is 4.79 Å². The fraction of sp³-hybridized carbons (Fsp3) is 0.588. The van der Waals surface area contributed by atoms with Crippen molar-refractivity contribution in [2.75, 3.05) is 13.1 Å². The van der Waals surface area contributed by atoms with Gasteiger partial charge in [-0.15, -0.1) is 0 Å². The Labute approximate surface area is 123 Å². The van der Waals surface area contributed by atoms with E-state index >= 15 is 0 Å². The van der Waals surface area contributed by atoms with Crippen LogP contribution in [0.25, 0.3) is 0 Å². The van der Waals surface area contributed by atoms with Crippen molar-refractivity contribution in [3.8, 4) is 0 Å². The first kappa shape index (κ1) is 16.5. The zero-order valence-corrected chi connectivity index (χ0v) is 13.8. The molecule has 1 aliphatic rings. The molecular weight excluding hydrogens is 250 g/mol. The van der Waals surface area contributed by atoms with Gasteiger partial charge in [-0.05, 0) is 70.8 Å². The lowest BCUT2D eigenvalue weighted by Gasteiger charge is -2.24. The Hall–Kier alpha value is -1.51. The highest BCUT2D eigenvalue weighted by molar-refractivity contribution is 5.71. The number of carbonyl (C=O) groups is 1. The molecule has 1 aliphatic heterocycles. The predicted molar refractivity (Wildman–Crippen MR) is 83.7 cm³/mol. The number of rotatable bonds is 2. The molecule has 112 valence electrons. The number of amides is 1. The minimum atomic E-state index is -0.448. The zero-order chi connectivity index (χ0) is 15.5. The van der Waals surface area contributed by atoms with Crippen LogP contribution in [0.3, 0.4) is 0 Å². The summed E-state index contributed by atoms with van der Waals surface area (Å²) in [5.74, 6) is 0. The highest BCUT2D eigenvalue weighted by Crippen LogP contribution is 2.29. The lowest BCUT2D eigenvalue weighted by molar-refractivity contribution is 0.0299. The third-order valence-electron chi connectivity index (χ3n) is 3.42. The van der Waals surface area contributed by atoms with Gasteiger partial charge >= 0.3 is 6.09 Å². The topological polar surface area (TPSA) is 29.5 Å². The Kier molecular flexibility index (Phi) is 5.21. The van der Waals surface area contributed by atoms with Crippen LogP contribution in [-0.2, 0) is 4.74 Å². The molecule has 0 unspecified atom stereocenters. The Morgan fingerprint density at radius 1 is 1.20 bits per heavy atom. The van der Waals surface area contributed by atoms with E-state index < -0.39 is 5.60 Å². The van der Waals surface area contributed by atoms with Crippen LogP contribution < -0.4 is 0 Å². The third-order valence-corrected chi connectivity index (χ3v) is 3.42. The fourth-order valence-electron chi connectivity index (χ4n) is 2.33. The van der Waals surface area contributed by atoms with Crippen molar-refractivity contribution in [3.63, 3.8) is 0 Å². The van der Waals surface area contributed by atoms with Crippen molar-refractivity contribution in [2.45, 2.75) is 54.1 Å². The SMILES string of the molecule is C/C=C(C)\C(=C/C)C1=C(C)CN(C(=O)OC(C)(C)C)C1. The van der Waals surface area contributed by atoms with Gasteiger partial charge in [-0.1, -0.05) is 12.2 Å². The summed E-state index contributed by atoms with van der Waals surface area (Å²) in [6, 6.07) is 0. The second-order valence-corrected chi connectivity index (χ2v) is 6.27. The van der Waals surface area contributed by atoms with Crippen LogP contribution in [0.2, 0.25) is 0 Å². The Morgan fingerprint density at radius 3 is 2.25 bits per heavy atom. The third kappa shape index (κ3) is 3.99. The second-order valence-electron chi connectivity index (χ2n) is 6.27. The maximum Gasteiger partial charge on any atom is 0.410 e. The Bertz CT molecular complexity index is 476. The molecule has 0 bridgehead atoms. The van der Waals surface area contributed by atoms with Gasteiger partial charge in [0.15, 0.2) is 0 Å². The summed E-state index contributed by atoms with van der Waals surface area (Å²) in [4.78, 5) is 13.9. The largest absolute Gasteiger partial charge is 0.444 e. The smallest absolute Gasteiger partial charge is 0.410 e. The molecule has 1 amide bonds. The van der Waals surface area contributed by atoms with Gasteiger partial charge in [0.2, 0.25) is 0 Å². The van der Waals surface area contributed by atoms with E-state index in [1.165, 1.54) is 22.3 Å². The number of hydrogen-bond acceptors (Lipinski definition) is 2. The number of hydrogen-bond donors (Lipinski definition) is 0. The predicted octanol–water partition coefficient (Wildman–Crippen LogP) is 4.47. The highest BCUT2D eigenvalue weighted by Gasteiger charge is 2.29. The molecule has 0 N–H and O–H groups in total. The lowest BCUT2D eigenvalue weighted by Crippen LogP contribution is -2.35. The molecule has 1 rings (SSSR count).